The Morgan fingerprint density at radius 2 is 2.25 bits per heavy atom. The van der Waals surface area contributed by atoms with Crippen molar-refractivity contribution in [2.45, 2.75) is 31.4 Å². The number of hydrogen-bond donors (Lipinski definition) is 1. The fourth-order valence-electron chi connectivity index (χ4n) is 2.55. The fraction of sp³-hybridized carbons (Fsp3) is 0.385. The summed E-state index contributed by atoms with van der Waals surface area (Å²) >= 11 is 0. The molecule has 2 atom stereocenters. The summed E-state index contributed by atoms with van der Waals surface area (Å²) in [6.45, 7) is 0. The zero-order valence-corrected chi connectivity index (χ0v) is 10.7. The van der Waals surface area contributed by atoms with E-state index in [2.05, 4.69) is 10.1 Å². The van der Waals surface area contributed by atoms with Gasteiger partial charge in [-0.1, -0.05) is 12.1 Å². The number of nitrogens with zero attached hydrogens (tertiary/aromatic N) is 4. The Morgan fingerprint density at radius 3 is 2.95 bits per heavy atom. The average Bonchev–Trinajstić information content (AvgIpc) is 3.07. The second-order valence-electron chi connectivity index (χ2n) is 4.92. The third kappa shape index (κ3) is 2.27. The van der Waals surface area contributed by atoms with Crippen LogP contribution in [-0.2, 0) is 0 Å². The van der Waals surface area contributed by atoms with Gasteiger partial charge in [0.15, 0.2) is 5.82 Å². The molecule has 0 amide bonds. The first kappa shape index (κ1) is 12.7. The van der Waals surface area contributed by atoms with Crippen LogP contribution in [0.1, 0.15) is 25.3 Å². The summed E-state index contributed by atoms with van der Waals surface area (Å²) in [5.74, 6) is 0.438. The third-order valence-electron chi connectivity index (χ3n) is 3.61. The minimum atomic E-state index is -0.443. The first-order valence-corrected chi connectivity index (χ1v) is 6.49. The minimum Gasteiger partial charge on any atom is -0.391 e. The molecule has 0 aliphatic heterocycles. The van der Waals surface area contributed by atoms with E-state index in [1.165, 1.54) is 12.1 Å². The summed E-state index contributed by atoms with van der Waals surface area (Å²) in [6.07, 6.45) is 3.80. The zero-order valence-electron chi connectivity index (χ0n) is 10.7. The van der Waals surface area contributed by atoms with Crippen LogP contribution in [0.2, 0.25) is 0 Å². The van der Waals surface area contributed by atoms with Crippen LogP contribution in [0.4, 0.5) is 5.69 Å². The van der Waals surface area contributed by atoms with E-state index in [-0.39, 0.29) is 11.7 Å². The number of benzene rings is 1. The molecule has 7 heteroatoms. The first-order chi connectivity index (χ1) is 9.65. The van der Waals surface area contributed by atoms with Crippen LogP contribution in [0.5, 0.6) is 0 Å². The van der Waals surface area contributed by atoms with Gasteiger partial charge in [-0.3, -0.25) is 10.1 Å². The first-order valence-electron chi connectivity index (χ1n) is 6.49. The normalized spacial score (nSPS) is 22.1. The highest BCUT2D eigenvalue weighted by Crippen LogP contribution is 2.30. The van der Waals surface area contributed by atoms with Crippen molar-refractivity contribution in [2.75, 3.05) is 0 Å². The van der Waals surface area contributed by atoms with E-state index in [9.17, 15) is 15.2 Å². The topological polar surface area (TPSA) is 94.1 Å². The van der Waals surface area contributed by atoms with Crippen molar-refractivity contribution in [2.24, 2.45) is 0 Å². The molecule has 0 saturated heterocycles. The predicted molar refractivity (Wildman–Crippen MR) is 71.0 cm³/mol. The SMILES string of the molecule is O=[N+]([O-])c1cccc(-c2ncn([C@H]3CCC[C@@H]3O)n2)c1. The maximum Gasteiger partial charge on any atom is 0.270 e. The van der Waals surface area contributed by atoms with Gasteiger partial charge in [-0.2, -0.15) is 5.10 Å². The number of rotatable bonds is 3. The van der Waals surface area contributed by atoms with E-state index in [1.54, 1.807) is 23.1 Å². The van der Waals surface area contributed by atoms with Gasteiger partial charge in [-0.05, 0) is 19.3 Å². The van der Waals surface area contributed by atoms with Crippen molar-refractivity contribution in [1.82, 2.24) is 14.8 Å². The van der Waals surface area contributed by atoms with Crippen LogP contribution < -0.4 is 0 Å². The van der Waals surface area contributed by atoms with Crippen molar-refractivity contribution in [3.8, 4) is 11.4 Å². The maximum absolute atomic E-state index is 10.8. The summed E-state index contributed by atoms with van der Waals surface area (Å²) in [5.41, 5.74) is 0.616. The Hall–Kier alpha value is -2.28. The molecule has 20 heavy (non-hydrogen) atoms. The number of nitro benzene ring substituents is 1. The number of aliphatic hydroxyl groups excluding tert-OH is 1. The molecule has 1 aliphatic rings. The molecule has 1 fully saturated rings. The Labute approximate surface area is 115 Å². The molecular weight excluding hydrogens is 260 g/mol. The third-order valence-corrected chi connectivity index (χ3v) is 3.61. The van der Waals surface area contributed by atoms with E-state index in [1.807, 2.05) is 0 Å². The van der Waals surface area contributed by atoms with Crippen LogP contribution in [0.3, 0.4) is 0 Å². The molecule has 1 aliphatic carbocycles. The number of aliphatic hydroxyl groups is 1. The second kappa shape index (κ2) is 5.01. The molecule has 0 radical (unpaired) electrons. The maximum atomic E-state index is 10.8. The molecule has 0 bridgehead atoms. The van der Waals surface area contributed by atoms with E-state index in [0.29, 0.717) is 11.4 Å². The fourth-order valence-corrected chi connectivity index (χ4v) is 2.55. The Bertz CT molecular complexity index is 640. The van der Waals surface area contributed by atoms with Crippen molar-refractivity contribution >= 4 is 5.69 Å². The predicted octanol–water partition coefficient (Wildman–Crippen LogP) is 1.94. The zero-order chi connectivity index (χ0) is 14.1. The Kier molecular flexibility index (Phi) is 3.19. The van der Waals surface area contributed by atoms with Crippen LogP contribution in [-0.4, -0.2) is 30.9 Å². The van der Waals surface area contributed by atoms with E-state index in [4.69, 9.17) is 0 Å². The highest BCUT2D eigenvalue weighted by Gasteiger charge is 2.27. The molecule has 1 heterocycles. The summed E-state index contributed by atoms with van der Waals surface area (Å²) in [4.78, 5) is 14.5. The highest BCUT2D eigenvalue weighted by atomic mass is 16.6. The van der Waals surface area contributed by atoms with Gasteiger partial charge >= 0.3 is 0 Å². The van der Waals surface area contributed by atoms with Crippen molar-refractivity contribution < 1.29 is 10.0 Å². The number of nitro groups is 1. The average molecular weight is 274 g/mol. The smallest absolute Gasteiger partial charge is 0.270 e. The molecule has 1 saturated carbocycles. The van der Waals surface area contributed by atoms with Gasteiger partial charge < -0.3 is 5.11 Å². The van der Waals surface area contributed by atoms with Gasteiger partial charge in [-0.25, -0.2) is 9.67 Å². The van der Waals surface area contributed by atoms with Crippen LogP contribution in [0.15, 0.2) is 30.6 Å². The Morgan fingerprint density at radius 1 is 1.40 bits per heavy atom. The molecule has 104 valence electrons. The molecule has 1 aromatic heterocycles. The van der Waals surface area contributed by atoms with Gasteiger partial charge in [0.25, 0.3) is 5.69 Å². The van der Waals surface area contributed by atoms with Crippen LogP contribution >= 0.6 is 0 Å². The van der Waals surface area contributed by atoms with Gasteiger partial charge in [0.05, 0.1) is 17.1 Å². The summed E-state index contributed by atoms with van der Waals surface area (Å²) in [5, 5.41) is 25.0. The minimum absolute atomic E-state index is 0.0137. The monoisotopic (exact) mass is 274 g/mol. The molecule has 2 aromatic rings. The van der Waals surface area contributed by atoms with E-state index < -0.39 is 11.0 Å². The Balaban J connectivity index is 1.90. The van der Waals surface area contributed by atoms with Crippen LogP contribution in [0, 0.1) is 10.1 Å². The standard InChI is InChI=1S/C13H14N4O3/c18-12-6-2-5-11(12)16-8-14-13(15-16)9-3-1-4-10(7-9)17(19)20/h1,3-4,7-8,11-12,18H,2,5-6H2/t11-,12-/m0/s1. The van der Waals surface area contributed by atoms with E-state index >= 15 is 0 Å². The lowest BCUT2D eigenvalue weighted by atomic mass is 10.2. The van der Waals surface area contributed by atoms with Gasteiger partial charge in [0, 0.05) is 17.7 Å². The molecule has 1 N–H and O–H groups in total. The number of aromatic nitrogens is 3. The lowest BCUT2D eigenvalue weighted by molar-refractivity contribution is -0.384. The van der Waals surface area contributed by atoms with Gasteiger partial charge in [0.2, 0.25) is 0 Å². The van der Waals surface area contributed by atoms with Crippen molar-refractivity contribution in [1.29, 1.82) is 0 Å². The van der Waals surface area contributed by atoms with Gasteiger partial charge in [0.1, 0.15) is 6.33 Å². The molecule has 7 nitrogen and oxygen atoms in total. The summed E-state index contributed by atoms with van der Waals surface area (Å²) in [7, 11) is 0. The molecular formula is C13H14N4O3. The van der Waals surface area contributed by atoms with Crippen molar-refractivity contribution in [3.05, 3.63) is 40.7 Å². The highest BCUT2D eigenvalue weighted by molar-refractivity contribution is 5.58. The summed E-state index contributed by atoms with van der Waals surface area (Å²) < 4.78 is 1.66. The molecule has 0 spiro atoms. The molecule has 0 unspecified atom stereocenters. The van der Waals surface area contributed by atoms with Crippen molar-refractivity contribution in [3.63, 3.8) is 0 Å². The number of non-ortho nitro benzene ring substituents is 1. The van der Waals surface area contributed by atoms with E-state index in [0.717, 1.165) is 19.3 Å². The lowest BCUT2D eigenvalue weighted by Gasteiger charge is -2.13. The second-order valence-corrected chi connectivity index (χ2v) is 4.92. The molecule has 3 rings (SSSR count). The molecule has 1 aromatic carbocycles. The largest absolute Gasteiger partial charge is 0.391 e. The van der Waals surface area contributed by atoms with Crippen LogP contribution in [0.25, 0.3) is 11.4 Å². The quantitative estimate of drug-likeness (QED) is 0.681. The van der Waals surface area contributed by atoms with Gasteiger partial charge in [-0.15, -0.1) is 0 Å². The summed E-state index contributed by atoms with van der Waals surface area (Å²) in [6, 6.07) is 6.18. The number of hydrogen-bond acceptors (Lipinski definition) is 5. The lowest BCUT2D eigenvalue weighted by Crippen LogP contribution is -2.18.